The van der Waals surface area contributed by atoms with Crippen LogP contribution in [0.4, 0.5) is 0 Å². The van der Waals surface area contributed by atoms with E-state index in [1.807, 2.05) is 0 Å². The Bertz CT molecular complexity index is 575. The molecule has 0 saturated heterocycles. The summed E-state index contributed by atoms with van der Waals surface area (Å²) in [5, 5.41) is 31.1. The smallest absolute Gasteiger partial charge is 0.872 e. The molecule has 23 heavy (non-hydrogen) atoms. The van der Waals surface area contributed by atoms with E-state index in [0.29, 0.717) is 24.2 Å². The molecule has 0 bridgehead atoms. The van der Waals surface area contributed by atoms with Crippen molar-refractivity contribution in [1.82, 2.24) is 0 Å². The summed E-state index contributed by atoms with van der Waals surface area (Å²) < 4.78 is 0. The number of para-hydroxylation sites is 2. The van der Waals surface area contributed by atoms with Crippen LogP contribution in [0.25, 0.3) is 0 Å². The molecule has 2 aromatic carbocycles. The first-order chi connectivity index (χ1) is 10.8. The van der Waals surface area contributed by atoms with E-state index in [4.69, 9.17) is 5.11 Å². The Kier molecular flexibility index (Phi) is 11.3. The van der Waals surface area contributed by atoms with Crippen molar-refractivity contribution < 1.29 is 15.3 Å². The van der Waals surface area contributed by atoms with Gasteiger partial charge in [-0.3, -0.25) is 9.98 Å². The fraction of sp³-hybridized carbons (Fsp3) is 0.176. The van der Waals surface area contributed by atoms with E-state index < -0.39 is 0 Å². The van der Waals surface area contributed by atoms with E-state index in [-0.39, 0.29) is 28.9 Å². The van der Waals surface area contributed by atoms with E-state index in [0.717, 1.165) is 7.11 Å². The summed E-state index contributed by atoms with van der Waals surface area (Å²) in [6.45, 7) is 0.956. The van der Waals surface area contributed by atoms with Gasteiger partial charge in [0.15, 0.2) is 0 Å². The van der Waals surface area contributed by atoms with Crippen molar-refractivity contribution in [2.24, 2.45) is 9.98 Å². The Morgan fingerprint density at radius 3 is 1.43 bits per heavy atom. The van der Waals surface area contributed by atoms with Gasteiger partial charge in [0, 0.05) is 12.4 Å². The van der Waals surface area contributed by atoms with E-state index in [1.54, 1.807) is 48.8 Å². The number of rotatable bonds is 5. The van der Waals surface area contributed by atoms with Crippen LogP contribution in [0.3, 0.4) is 0 Å². The van der Waals surface area contributed by atoms with E-state index >= 15 is 0 Å². The molecule has 5 nitrogen and oxygen atoms in total. The minimum absolute atomic E-state index is 0. The first-order valence-corrected chi connectivity index (χ1v) is 6.70. The van der Waals surface area contributed by atoms with Crippen LogP contribution in [0, 0.1) is 0 Å². The number of nitrogens with zero attached hydrogens (tertiary/aromatic N) is 2. The first kappa shape index (κ1) is 20.9. The van der Waals surface area contributed by atoms with Crippen LogP contribution >= 0.6 is 0 Å². The minimum atomic E-state index is -0.0416. The van der Waals surface area contributed by atoms with Crippen LogP contribution in [0.2, 0.25) is 0 Å². The normalized spacial score (nSPS) is 10.2. The molecular formula is C17H17AlN2O3. The van der Waals surface area contributed by atoms with Crippen molar-refractivity contribution in [3.63, 3.8) is 0 Å². The van der Waals surface area contributed by atoms with Gasteiger partial charge in [0.1, 0.15) is 0 Å². The van der Waals surface area contributed by atoms with Gasteiger partial charge in [0.05, 0.1) is 13.1 Å². The van der Waals surface area contributed by atoms with Crippen molar-refractivity contribution in [2.75, 3.05) is 20.2 Å². The third-order valence-corrected chi connectivity index (χ3v) is 2.66. The topological polar surface area (TPSA) is 93.9 Å². The Labute approximate surface area is 146 Å². The summed E-state index contributed by atoms with van der Waals surface area (Å²) in [5.74, 6) is -0.0833. The fourth-order valence-electron chi connectivity index (χ4n) is 1.62. The molecule has 0 unspecified atom stereocenters. The number of hydrogen-bond donors (Lipinski definition) is 0. The van der Waals surface area contributed by atoms with Crippen molar-refractivity contribution in [3.05, 3.63) is 59.7 Å². The van der Waals surface area contributed by atoms with Crippen LogP contribution in [0.15, 0.2) is 58.5 Å². The molecule has 0 amide bonds. The van der Waals surface area contributed by atoms with Gasteiger partial charge in [-0.15, -0.1) is 11.5 Å². The molecule has 0 aliphatic rings. The Morgan fingerprint density at radius 2 is 1.09 bits per heavy atom. The number of hydrogen-bond acceptors (Lipinski definition) is 5. The van der Waals surface area contributed by atoms with Crippen molar-refractivity contribution in [2.45, 2.75) is 0 Å². The van der Waals surface area contributed by atoms with Gasteiger partial charge in [-0.25, -0.2) is 0 Å². The van der Waals surface area contributed by atoms with E-state index in [1.165, 1.54) is 12.1 Å². The molecule has 2 aromatic rings. The molecule has 0 N–H and O–H groups in total. The minimum Gasteiger partial charge on any atom is -0.872 e. The van der Waals surface area contributed by atoms with Gasteiger partial charge >= 0.3 is 17.4 Å². The third-order valence-electron chi connectivity index (χ3n) is 2.66. The van der Waals surface area contributed by atoms with Crippen LogP contribution < -0.4 is 15.3 Å². The molecule has 6 heteroatoms. The fourth-order valence-corrected chi connectivity index (χ4v) is 1.62. The molecule has 116 valence electrons. The first-order valence-electron chi connectivity index (χ1n) is 6.70. The van der Waals surface area contributed by atoms with Gasteiger partial charge in [0.2, 0.25) is 0 Å². The Hall–Kier alpha value is -2.13. The molecule has 0 aromatic heterocycles. The molecule has 0 fully saturated rings. The molecule has 0 radical (unpaired) electrons. The second kappa shape index (κ2) is 12.4. The quantitative estimate of drug-likeness (QED) is 0.439. The van der Waals surface area contributed by atoms with Crippen LogP contribution in [0.5, 0.6) is 11.5 Å². The SMILES string of the molecule is C[O-].[Al+3].[O-]c1ccccc1C=NCCN=Cc1ccccc1[O-]. The molecule has 0 aliphatic heterocycles. The molecule has 0 aliphatic carbocycles. The number of benzene rings is 2. The predicted octanol–water partition coefficient (Wildman–Crippen LogP) is -0.0325. The summed E-state index contributed by atoms with van der Waals surface area (Å²) in [4.78, 5) is 8.28. The zero-order valence-corrected chi connectivity index (χ0v) is 14.0. The summed E-state index contributed by atoms with van der Waals surface area (Å²) in [6.07, 6.45) is 3.11. The molecule has 0 spiro atoms. The second-order valence-corrected chi connectivity index (χ2v) is 4.15. The zero-order valence-electron chi connectivity index (χ0n) is 12.9. The molecule has 0 atom stereocenters. The zero-order chi connectivity index (χ0) is 16.2. The monoisotopic (exact) mass is 324 g/mol. The van der Waals surface area contributed by atoms with Gasteiger partial charge < -0.3 is 15.3 Å². The van der Waals surface area contributed by atoms with Gasteiger partial charge in [-0.1, -0.05) is 48.5 Å². The van der Waals surface area contributed by atoms with Crippen LogP contribution in [-0.4, -0.2) is 50.0 Å². The van der Waals surface area contributed by atoms with Gasteiger partial charge in [-0.2, -0.15) is 7.11 Å². The standard InChI is InChI=1S/C16H16N2O2.CH3O.Al/c19-15-7-3-1-5-13(15)11-17-9-10-18-12-14-6-2-4-8-16(14)20;1-2;/h1-8,11-12,19-20H,9-10H2;1H3;/q;-1;+3/p-2. The molecule has 0 saturated carbocycles. The number of aliphatic imine (C=N–C) groups is 2. The van der Waals surface area contributed by atoms with Gasteiger partial charge in [-0.05, 0) is 11.1 Å². The summed E-state index contributed by atoms with van der Waals surface area (Å²) in [5.41, 5.74) is 1.14. The maximum absolute atomic E-state index is 11.4. The van der Waals surface area contributed by atoms with Gasteiger partial charge in [0.25, 0.3) is 0 Å². The van der Waals surface area contributed by atoms with Crippen molar-refractivity contribution in [3.8, 4) is 11.5 Å². The van der Waals surface area contributed by atoms with Crippen molar-refractivity contribution in [1.29, 1.82) is 0 Å². The van der Waals surface area contributed by atoms with Crippen molar-refractivity contribution >= 4 is 29.8 Å². The molecule has 2 rings (SSSR count). The Morgan fingerprint density at radius 1 is 0.739 bits per heavy atom. The van der Waals surface area contributed by atoms with E-state index in [9.17, 15) is 10.2 Å². The van der Waals surface area contributed by atoms with Crippen LogP contribution in [0.1, 0.15) is 11.1 Å². The molecular weight excluding hydrogens is 307 g/mol. The average molecular weight is 324 g/mol. The van der Waals surface area contributed by atoms with Crippen LogP contribution in [-0.2, 0) is 0 Å². The second-order valence-electron chi connectivity index (χ2n) is 4.15. The maximum Gasteiger partial charge on any atom is 3.00 e. The average Bonchev–Trinajstić information content (AvgIpc) is 2.56. The predicted molar refractivity (Wildman–Crippen MR) is 88.4 cm³/mol. The largest absolute Gasteiger partial charge is 3.00 e. The third kappa shape index (κ3) is 7.61. The summed E-state index contributed by atoms with van der Waals surface area (Å²) in [7, 11) is 0.750. The maximum atomic E-state index is 11.4. The Balaban J connectivity index is 0.00000155. The molecule has 0 heterocycles. The summed E-state index contributed by atoms with van der Waals surface area (Å²) >= 11 is 0. The summed E-state index contributed by atoms with van der Waals surface area (Å²) in [6, 6.07) is 13.5. The van der Waals surface area contributed by atoms with E-state index in [2.05, 4.69) is 9.98 Å².